The van der Waals surface area contributed by atoms with Crippen LogP contribution in [-0.4, -0.2) is 22.8 Å². The zero-order valence-corrected chi connectivity index (χ0v) is 17.1. The standard InChI is InChI=1S/C23H18Cl2N2O2/c1-27-21(16-4-8-18(24)9-5-16)22(17-6-10-19(25)11-7-17)29-20(23(27)28)13-15-3-2-12-26-14-15/h2-14,21-22H,1H3/b20-13+/t21-,22+/m0/s1. The van der Waals surface area contributed by atoms with Crippen LogP contribution in [0.5, 0.6) is 0 Å². The first-order chi connectivity index (χ1) is 14.0. The Bertz CT molecular complexity index is 1030. The number of hydrogen-bond donors (Lipinski definition) is 0. The summed E-state index contributed by atoms with van der Waals surface area (Å²) >= 11 is 12.1. The van der Waals surface area contributed by atoms with Crippen LogP contribution in [0.3, 0.4) is 0 Å². The lowest BCUT2D eigenvalue weighted by molar-refractivity contribution is -0.144. The first-order valence-corrected chi connectivity index (χ1v) is 9.85. The summed E-state index contributed by atoms with van der Waals surface area (Å²) in [5.74, 6) is 0.0738. The predicted molar refractivity (Wildman–Crippen MR) is 114 cm³/mol. The molecule has 4 rings (SSSR count). The number of ether oxygens (including phenoxy) is 1. The number of amides is 1. The number of benzene rings is 2. The van der Waals surface area contributed by atoms with Gasteiger partial charge in [-0.05, 0) is 53.1 Å². The van der Waals surface area contributed by atoms with Crippen molar-refractivity contribution in [2.24, 2.45) is 0 Å². The SMILES string of the molecule is CN1C(=O)/C(=C\c2cccnc2)O[C@H](c2ccc(Cl)cc2)[C@@H]1c1ccc(Cl)cc1. The highest BCUT2D eigenvalue weighted by Gasteiger charge is 2.40. The van der Waals surface area contributed by atoms with E-state index in [1.165, 1.54) is 0 Å². The number of rotatable bonds is 3. The molecule has 3 aromatic rings. The van der Waals surface area contributed by atoms with E-state index in [2.05, 4.69) is 4.98 Å². The maximum absolute atomic E-state index is 13.1. The van der Waals surface area contributed by atoms with Gasteiger partial charge in [0.25, 0.3) is 5.91 Å². The number of aromatic nitrogens is 1. The van der Waals surface area contributed by atoms with E-state index >= 15 is 0 Å². The molecule has 1 aromatic heterocycles. The molecule has 1 aliphatic heterocycles. The van der Waals surface area contributed by atoms with Crippen LogP contribution in [0.1, 0.15) is 28.8 Å². The van der Waals surface area contributed by atoms with Crippen LogP contribution in [0.2, 0.25) is 10.0 Å². The van der Waals surface area contributed by atoms with Gasteiger partial charge in [-0.2, -0.15) is 0 Å². The van der Waals surface area contributed by atoms with Crippen LogP contribution in [0.4, 0.5) is 0 Å². The van der Waals surface area contributed by atoms with Crippen molar-refractivity contribution in [2.75, 3.05) is 7.05 Å². The Morgan fingerprint density at radius 3 is 2.17 bits per heavy atom. The first kappa shape index (κ1) is 19.5. The van der Waals surface area contributed by atoms with Crippen molar-refractivity contribution in [3.05, 3.63) is 106 Å². The van der Waals surface area contributed by atoms with Crippen molar-refractivity contribution in [3.63, 3.8) is 0 Å². The van der Waals surface area contributed by atoms with E-state index < -0.39 is 6.10 Å². The number of nitrogens with zero attached hydrogens (tertiary/aromatic N) is 2. The molecule has 2 atom stereocenters. The zero-order chi connectivity index (χ0) is 20.4. The maximum atomic E-state index is 13.1. The quantitative estimate of drug-likeness (QED) is 0.506. The molecule has 2 aromatic carbocycles. The minimum Gasteiger partial charge on any atom is -0.477 e. The summed E-state index contributed by atoms with van der Waals surface area (Å²) in [5.41, 5.74) is 2.65. The van der Waals surface area contributed by atoms with Crippen molar-refractivity contribution < 1.29 is 9.53 Å². The molecule has 0 bridgehead atoms. The van der Waals surface area contributed by atoms with Gasteiger partial charge >= 0.3 is 0 Å². The second kappa shape index (κ2) is 8.27. The van der Waals surface area contributed by atoms with E-state index in [0.717, 1.165) is 16.7 Å². The molecule has 29 heavy (non-hydrogen) atoms. The summed E-state index contributed by atoms with van der Waals surface area (Å²) in [6.45, 7) is 0. The predicted octanol–water partition coefficient (Wildman–Crippen LogP) is 5.70. The number of halogens is 2. The fourth-order valence-electron chi connectivity index (χ4n) is 3.42. The van der Waals surface area contributed by atoms with Crippen LogP contribution < -0.4 is 0 Å². The summed E-state index contributed by atoms with van der Waals surface area (Å²) in [6.07, 6.45) is 4.68. The van der Waals surface area contributed by atoms with Crippen molar-refractivity contribution >= 4 is 35.2 Å². The number of carbonyl (C=O) groups is 1. The Hall–Kier alpha value is -2.82. The largest absolute Gasteiger partial charge is 0.477 e. The molecule has 2 heterocycles. The molecule has 1 fully saturated rings. The molecular weight excluding hydrogens is 407 g/mol. The smallest absolute Gasteiger partial charge is 0.289 e. The normalized spacial score (nSPS) is 20.6. The molecule has 0 radical (unpaired) electrons. The summed E-state index contributed by atoms with van der Waals surface area (Å²) in [5, 5.41) is 1.28. The number of pyridine rings is 1. The highest BCUT2D eigenvalue weighted by Crippen LogP contribution is 2.43. The third-order valence-corrected chi connectivity index (χ3v) is 5.39. The molecule has 0 unspecified atom stereocenters. The number of likely N-dealkylation sites (N-methyl/N-ethyl adjacent to an activating group) is 1. The molecular formula is C23H18Cl2N2O2. The van der Waals surface area contributed by atoms with Crippen molar-refractivity contribution in [1.29, 1.82) is 0 Å². The molecule has 4 nitrogen and oxygen atoms in total. The van der Waals surface area contributed by atoms with E-state index in [0.29, 0.717) is 10.0 Å². The van der Waals surface area contributed by atoms with Crippen LogP contribution in [0.15, 0.2) is 78.8 Å². The molecule has 1 amide bonds. The molecule has 1 aliphatic rings. The molecule has 0 N–H and O–H groups in total. The van der Waals surface area contributed by atoms with Crippen molar-refractivity contribution in [3.8, 4) is 0 Å². The summed E-state index contributed by atoms with van der Waals surface area (Å²) in [6, 6.07) is 18.3. The highest BCUT2D eigenvalue weighted by molar-refractivity contribution is 6.30. The van der Waals surface area contributed by atoms with Crippen LogP contribution in [-0.2, 0) is 9.53 Å². The maximum Gasteiger partial charge on any atom is 0.289 e. The fourth-order valence-corrected chi connectivity index (χ4v) is 3.68. The van der Waals surface area contributed by atoms with Gasteiger partial charge in [-0.3, -0.25) is 9.78 Å². The lowest BCUT2D eigenvalue weighted by Crippen LogP contribution is -2.42. The highest BCUT2D eigenvalue weighted by atomic mass is 35.5. The van der Waals surface area contributed by atoms with Crippen LogP contribution in [0.25, 0.3) is 6.08 Å². The summed E-state index contributed by atoms with van der Waals surface area (Å²) in [7, 11) is 1.78. The third kappa shape index (κ3) is 4.14. The Balaban J connectivity index is 1.78. The minimum absolute atomic E-state index is 0.195. The molecule has 0 aliphatic carbocycles. The van der Waals surface area contributed by atoms with Gasteiger partial charge in [-0.1, -0.05) is 53.5 Å². The number of carbonyl (C=O) groups excluding carboxylic acids is 1. The van der Waals surface area contributed by atoms with Gasteiger partial charge in [0.05, 0.1) is 6.04 Å². The topological polar surface area (TPSA) is 42.4 Å². The number of morpholine rings is 1. The fraction of sp³-hybridized carbons (Fsp3) is 0.130. The van der Waals surface area contributed by atoms with Crippen LogP contribution >= 0.6 is 23.2 Å². The first-order valence-electron chi connectivity index (χ1n) is 9.09. The Morgan fingerprint density at radius 2 is 1.59 bits per heavy atom. The van der Waals surface area contributed by atoms with Gasteiger partial charge in [0.2, 0.25) is 0 Å². The lowest BCUT2D eigenvalue weighted by Gasteiger charge is -2.40. The Kier molecular flexibility index (Phi) is 5.56. The Labute approximate surface area is 179 Å². The zero-order valence-electron chi connectivity index (χ0n) is 15.6. The monoisotopic (exact) mass is 424 g/mol. The van der Waals surface area contributed by atoms with Gasteiger partial charge < -0.3 is 9.64 Å². The van der Waals surface area contributed by atoms with E-state index in [4.69, 9.17) is 27.9 Å². The van der Waals surface area contributed by atoms with Gasteiger partial charge in [-0.25, -0.2) is 0 Å². The molecule has 6 heteroatoms. The minimum atomic E-state index is -0.404. The van der Waals surface area contributed by atoms with Gasteiger partial charge in [0, 0.05) is 29.5 Å². The lowest BCUT2D eigenvalue weighted by atomic mass is 9.92. The van der Waals surface area contributed by atoms with E-state index in [1.807, 2.05) is 60.7 Å². The van der Waals surface area contributed by atoms with Crippen molar-refractivity contribution in [1.82, 2.24) is 9.88 Å². The van der Waals surface area contributed by atoms with Gasteiger partial charge in [0.1, 0.15) is 6.10 Å². The molecule has 1 saturated heterocycles. The van der Waals surface area contributed by atoms with E-state index in [-0.39, 0.29) is 17.7 Å². The average Bonchev–Trinajstić information content (AvgIpc) is 2.74. The second-order valence-corrected chi connectivity index (χ2v) is 7.67. The second-order valence-electron chi connectivity index (χ2n) is 6.80. The third-order valence-electron chi connectivity index (χ3n) is 4.88. The van der Waals surface area contributed by atoms with E-state index in [9.17, 15) is 4.79 Å². The average molecular weight is 425 g/mol. The summed E-state index contributed by atoms with van der Waals surface area (Å²) in [4.78, 5) is 18.9. The number of hydrogen-bond acceptors (Lipinski definition) is 3. The Morgan fingerprint density at radius 1 is 0.966 bits per heavy atom. The van der Waals surface area contributed by atoms with E-state index in [1.54, 1.807) is 30.4 Å². The van der Waals surface area contributed by atoms with Crippen LogP contribution in [0, 0.1) is 0 Å². The van der Waals surface area contributed by atoms with Crippen molar-refractivity contribution in [2.45, 2.75) is 12.1 Å². The van der Waals surface area contributed by atoms with Gasteiger partial charge in [0.15, 0.2) is 5.76 Å². The molecule has 146 valence electrons. The molecule has 0 spiro atoms. The molecule has 0 saturated carbocycles. The van der Waals surface area contributed by atoms with Gasteiger partial charge in [-0.15, -0.1) is 0 Å². The summed E-state index contributed by atoms with van der Waals surface area (Å²) < 4.78 is 6.26.